The van der Waals surface area contributed by atoms with Crippen molar-refractivity contribution in [2.75, 3.05) is 5.32 Å². The minimum atomic E-state index is -0.315. The Morgan fingerprint density at radius 3 is 2.83 bits per heavy atom. The SMILES string of the molecule is Cc1ccnc(Nc2cccc(F)c2)c1C(N)=S. The molecule has 0 fully saturated rings. The van der Waals surface area contributed by atoms with Crippen molar-refractivity contribution in [3.63, 3.8) is 0 Å². The van der Waals surface area contributed by atoms with Crippen LogP contribution < -0.4 is 11.1 Å². The number of aryl methyl sites for hydroxylation is 1. The molecule has 3 nitrogen and oxygen atoms in total. The zero-order valence-corrected chi connectivity index (χ0v) is 10.6. The van der Waals surface area contributed by atoms with Gasteiger partial charge in [-0.05, 0) is 36.8 Å². The van der Waals surface area contributed by atoms with Crippen molar-refractivity contribution in [2.24, 2.45) is 5.73 Å². The van der Waals surface area contributed by atoms with Crippen molar-refractivity contribution >= 4 is 28.7 Å². The van der Waals surface area contributed by atoms with Gasteiger partial charge >= 0.3 is 0 Å². The number of halogens is 1. The molecule has 92 valence electrons. The van der Waals surface area contributed by atoms with E-state index in [0.29, 0.717) is 17.1 Å². The van der Waals surface area contributed by atoms with E-state index >= 15 is 0 Å². The number of hydrogen-bond acceptors (Lipinski definition) is 3. The Labute approximate surface area is 110 Å². The molecule has 18 heavy (non-hydrogen) atoms. The van der Waals surface area contributed by atoms with Crippen LogP contribution >= 0.6 is 12.2 Å². The van der Waals surface area contributed by atoms with Crippen molar-refractivity contribution < 1.29 is 4.39 Å². The fourth-order valence-electron chi connectivity index (χ4n) is 1.67. The average molecular weight is 261 g/mol. The highest BCUT2D eigenvalue weighted by Crippen LogP contribution is 2.21. The highest BCUT2D eigenvalue weighted by Gasteiger charge is 2.10. The first-order valence-electron chi connectivity index (χ1n) is 5.36. The zero-order valence-electron chi connectivity index (χ0n) is 9.77. The molecular formula is C13H12FN3S. The van der Waals surface area contributed by atoms with Crippen molar-refractivity contribution in [1.29, 1.82) is 0 Å². The highest BCUT2D eigenvalue weighted by molar-refractivity contribution is 7.80. The summed E-state index contributed by atoms with van der Waals surface area (Å²) >= 11 is 5.00. The molecule has 0 bridgehead atoms. The van der Waals surface area contributed by atoms with Gasteiger partial charge in [-0.25, -0.2) is 9.37 Å². The molecule has 0 unspecified atom stereocenters. The van der Waals surface area contributed by atoms with Crippen LogP contribution in [0.25, 0.3) is 0 Å². The molecule has 2 aromatic rings. The van der Waals surface area contributed by atoms with E-state index in [1.807, 2.05) is 13.0 Å². The summed E-state index contributed by atoms with van der Waals surface area (Å²) in [5.41, 5.74) is 7.88. The van der Waals surface area contributed by atoms with Crippen molar-refractivity contribution in [3.8, 4) is 0 Å². The molecule has 0 saturated heterocycles. The predicted molar refractivity (Wildman–Crippen MR) is 74.5 cm³/mol. The van der Waals surface area contributed by atoms with Gasteiger partial charge in [0.2, 0.25) is 0 Å². The lowest BCUT2D eigenvalue weighted by molar-refractivity contribution is 0.628. The van der Waals surface area contributed by atoms with E-state index in [-0.39, 0.29) is 10.8 Å². The lowest BCUT2D eigenvalue weighted by Gasteiger charge is -2.12. The minimum absolute atomic E-state index is 0.263. The number of hydrogen-bond donors (Lipinski definition) is 2. The average Bonchev–Trinajstić information content (AvgIpc) is 2.28. The van der Waals surface area contributed by atoms with Gasteiger partial charge in [0.15, 0.2) is 0 Å². The van der Waals surface area contributed by atoms with Crippen molar-refractivity contribution in [1.82, 2.24) is 4.98 Å². The van der Waals surface area contributed by atoms with Gasteiger partial charge in [0, 0.05) is 11.9 Å². The molecule has 0 atom stereocenters. The number of pyridine rings is 1. The summed E-state index contributed by atoms with van der Waals surface area (Å²) in [6.45, 7) is 1.90. The van der Waals surface area contributed by atoms with Gasteiger partial charge in [0.25, 0.3) is 0 Å². The van der Waals surface area contributed by atoms with Crippen LogP contribution in [0.1, 0.15) is 11.1 Å². The molecule has 0 aliphatic carbocycles. The summed E-state index contributed by atoms with van der Waals surface area (Å²) < 4.78 is 13.1. The molecule has 0 amide bonds. The third kappa shape index (κ3) is 2.62. The number of nitrogens with zero attached hydrogens (tertiary/aromatic N) is 1. The fraction of sp³-hybridized carbons (Fsp3) is 0.0769. The van der Waals surface area contributed by atoms with Gasteiger partial charge in [-0.15, -0.1) is 0 Å². The first kappa shape index (κ1) is 12.4. The standard InChI is InChI=1S/C13H12FN3S/c1-8-5-6-16-13(11(8)12(15)18)17-10-4-2-3-9(14)7-10/h2-7H,1H3,(H2,15,18)(H,16,17). The summed E-state index contributed by atoms with van der Waals surface area (Å²) in [6, 6.07) is 7.95. The second-order valence-electron chi connectivity index (χ2n) is 3.85. The van der Waals surface area contributed by atoms with Gasteiger partial charge in [0.1, 0.15) is 16.6 Å². The second kappa shape index (κ2) is 5.10. The maximum atomic E-state index is 13.1. The molecule has 0 aliphatic rings. The first-order chi connectivity index (χ1) is 8.58. The lowest BCUT2D eigenvalue weighted by Crippen LogP contribution is -2.14. The number of thiocarbonyl (C=S) groups is 1. The highest BCUT2D eigenvalue weighted by atomic mass is 32.1. The fourth-order valence-corrected chi connectivity index (χ4v) is 1.92. The number of aromatic nitrogens is 1. The van der Waals surface area contributed by atoms with E-state index in [1.165, 1.54) is 12.1 Å². The van der Waals surface area contributed by atoms with Crippen LogP contribution in [0.15, 0.2) is 36.5 Å². The minimum Gasteiger partial charge on any atom is -0.389 e. The summed E-state index contributed by atoms with van der Waals surface area (Å²) in [7, 11) is 0. The van der Waals surface area contributed by atoms with Crippen LogP contribution in [0, 0.1) is 12.7 Å². The number of anilines is 2. The molecule has 1 aromatic carbocycles. The van der Waals surface area contributed by atoms with Crippen LogP contribution in [-0.4, -0.2) is 9.97 Å². The smallest absolute Gasteiger partial charge is 0.140 e. The van der Waals surface area contributed by atoms with Crippen LogP contribution in [0.4, 0.5) is 15.9 Å². The third-order valence-electron chi connectivity index (χ3n) is 2.49. The quantitative estimate of drug-likeness (QED) is 0.834. The molecular weight excluding hydrogens is 249 g/mol. The van der Waals surface area contributed by atoms with Gasteiger partial charge < -0.3 is 11.1 Å². The molecule has 1 heterocycles. The molecule has 0 aliphatic heterocycles. The Bertz CT molecular complexity index is 599. The number of nitrogens with one attached hydrogen (secondary N) is 1. The van der Waals surface area contributed by atoms with Crippen LogP contribution in [0.5, 0.6) is 0 Å². The first-order valence-corrected chi connectivity index (χ1v) is 5.77. The molecule has 0 spiro atoms. The van der Waals surface area contributed by atoms with E-state index in [2.05, 4.69) is 10.3 Å². The number of benzene rings is 1. The van der Waals surface area contributed by atoms with Gasteiger partial charge in [-0.1, -0.05) is 18.3 Å². The largest absolute Gasteiger partial charge is 0.389 e. The van der Waals surface area contributed by atoms with Crippen molar-refractivity contribution in [3.05, 3.63) is 53.5 Å². The predicted octanol–water partition coefficient (Wildman–Crippen LogP) is 2.91. The molecule has 3 N–H and O–H groups in total. The number of rotatable bonds is 3. The topological polar surface area (TPSA) is 50.9 Å². The lowest BCUT2D eigenvalue weighted by atomic mass is 10.1. The van der Waals surface area contributed by atoms with E-state index in [0.717, 1.165) is 5.56 Å². The molecule has 0 saturated carbocycles. The van der Waals surface area contributed by atoms with Crippen molar-refractivity contribution in [2.45, 2.75) is 6.92 Å². The molecule has 1 aromatic heterocycles. The Morgan fingerprint density at radius 1 is 1.39 bits per heavy atom. The Balaban J connectivity index is 2.40. The second-order valence-corrected chi connectivity index (χ2v) is 4.29. The normalized spacial score (nSPS) is 10.1. The van der Waals surface area contributed by atoms with Crippen LogP contribution in [0.2, 0.25) is 0 Å². The van der Waals surface area contributed by atoms with E-state index in [1.54, 1.807) is 18.3 Å². The van der Waals surface area contributed by atoms with E-state index in [9.17, 15) is 4.39 Å². The van der Waals surface area contributed by atoms with Crippen LogP contribution in [-0.2, 0) is 0 Å². The Hall–Kier alpha value is -2.01. The van der Waals surface area contributed by atoms with E-state index in [4.69, 9.17) is 18.0 Å². The van der Waals surface area contributed by atoms with Crippen LogP contribution in [0.3, 0.4) is 0 Å². The summed E-state index contributed by atoms with van der Waals surface area (Å²) in [6.07, 6.45) is 1.65. The maximum absolute atomic E-state index is 13.1. The molecule has 2 rings (SSSR count). The Kier molecular flexibility index (Phi) is 3.53. The number of nitrogens with two attached hydrogens (primary N) is 1. The van der Waals surface area contributed by atoms with Gasteiger partial charge in [0.05, 0.1) is 5.56 Å². The molecule has 0 radical (unpaired) electrons. The Morgan fingerprint density at radius 2 is 2.17 bits per heavy atom. The summed E-state index contributed by atoms with van der Waals surface area (Å²) in [4.78, 5) is 4.45. The third-order valence-corrected chi connectivity index (χ3v) is 2.70. The van der Waals surface area contributed by atoms with E-state index < -0.39 is 0 Å². The van der Waals surface area contributed by atoms with Gasteiger partial charge in [-0.3, -0.25) is 0 Å². The summed E-state index contributed by atoms with van der Waals surface area (Å²) in [5.74, 6) is 0.220. The zero-order chi connectivity index (χ0) is 13.1. The summed E-state index contributed by atoms with van der Waals surface area (Å²) in [5, 5.41) is 3.02. The molecule has 5 heteroatoms. The van der Waals surface area contributed by atoms with Gasteiger partial charge in [-0.2, -0.15) is 0 Å². The maximum Gasteiger partial charge on any atom is 0.140 e. The monoisotopic (exact) mass is 261 g/mol.